The highest BCUT2D eigenvalue weighted by atomic mass is 16.2. The van der Waals surface area contributed by atoms with Gasteiger partial charge in [-0.2, -0.15) is 0 Å². The summed E-state index contributed by atoms with van der Waals surface area (Å²) >= 11 is 0. The van der Waals surface area contributed by atoms with Crippen molar-refractivity contribution in [3.8, 4) is 0 Å². The number of benzene rings is 1. The number of nitrogens with two attached hydrogens (primary N) is 1. The van der Waals surface area contributed by atoms with Crippen LogP contribution in [0.1, 0.15) is 37.4 Å². The number of aryl methyl sites for hydroxylation is 1. The summed E-state index contributed by atoms with van der Waals surface area (Å²) in [6, 6.07) is 11.5. The van der Waals surface area contributed by atoms with Gasteiger partial charge in [0, 0.05) is 6.54 Å². The van der Waals surface area contributed by atoms with Gasteiger partial charge >= 0.3 is 11.8 Å². The number of aromatic nitrogens is 1. The number of carbonyl (C=O) groups is 2. The fraction of sp³-hybridized carbons (Fsp3) is 0.381. The first-order valence-corrected chi connectivity index (χ1v) is 9.25. The molecule has 3 N–H and O–H groups in total. The highest BCUT2D eigenvalue weighted by molar-refractivity contribution is 6.39. The van der Waals surface area contributed by atoms with Crippen LogP contribution >= 0.6 is 0 Å². The van der Waals surface area contributed by atoms with E-state index in [0.29, 0.717) is 29.9 Å². The quantitative estimate of drug-likeness (QED) is 0.799. The van der Waals surface area contributed by atoms with Crippen LogP contribution in [0.25, 0.3) is 0 Å². The minimum Gasteiger partial charge on any atom is -0.383 e. The molecule has 0 saturated carbocycles. The summed E-state index contributed by atoms with van der Waals surface area (Å²) < 4.78 is 0. The predicted octanol–water partition coefficient (Wildman–Crippen LogP) is 3.16. The van der Waals surface area contributed by atoms with Gasteiger partial charge in [0.25, 0.3) is 0 Å². The third-order valence-electron chi connectivity index (χ3n) is 5.44. The van der Waals surface area contributed by atoms with Gasteiger partial charge in [0.05, 0.1) is 17.9 Å². The highest BCUT2D eigenvalue weighted by Crippen LogP contribution is 2.36. The molecule has 0 aliphatic carbocycles. The summed E-state index contributed by atoms with van der Waals surface area (Å²) in [5.41, 5.74) is 7.99. The Morgan fingerprint density at radius 3 is 2.56 bits per heavy atom. The van der Waals surface area contributed by atoms with E-state index in [0.717, 1.165) is 17.5 Å². The van der Waals surface area contributed by atoms with Crippen LogP contribution in [-0.4, -0.2) is 28.2 Å². The first-order chi connectivity index (χ1) is 12.9. The first kappa shape index (κ1) is 18.9. The lowest BCUT2D eigenvalue weighted by molar-refractivity contribution is -0.147. The Labute approximate surface area is 159 Å². The minimum atomic E-state index is -0.649. The molecule has 27 heavy (non-hydrogen) atoms. The van der Waals surface area contributed by atoms with Crippen LogP contribution in [0.2, 0.25) is 0 Å². The van der Waals surface area contributed by atoms with E-state index in [9.17, 15) is 9.59 Å². The molecule has 1 aliphatic rings. The number of piperidine rings is 1. The lowest BCUT2D eigenvalue weighted by Crippen LogP contribution is -2.48. The SMILES string of the molecule is Cc1cc(NC(=O)C(=O)N2C[C@H](C)[C@H](C)C[C@@H]2c2ccccc2)cnc1N. The minimum absolute atomic E-state index is 0.0954. The molecule has 0 spiro atoms. The highest BCUT2D eigenvalue weighted by Gasteiger charge is 2.37. The molecule has 0 radical (unpaired) electrons. The van der Waals surface area contributed by atoms with Crippen LogP contribution in [0.4, 0.5) is 11.5 Å². The topological polar surface area (TPSA) is 88.3 Å². The van der Waals surface area contributed by atoms with E-state index in [1.54, 1.807) is 17.9 Å². The van der Waals surface area contributed by atoms with Crippen LogP contribution in [-0.2, 0) is 9.59 Å². The van der Waals surface area contributed by atoms with E-state index < -0.39 is 11.8 Å². The fourth-order valence-electron chi connectivity index (χ4n) is 3.51. The average molecular weight is 366 g/mol. The van der Waals surface area contributed by atoms with E-state index in [4.69, 9.17) is 5.73 Å². The van der Waals surface area contributed by atoms with Crippen LogP contribution in [0, 0.1) is 18.8 Å². The molecule has 0 unspecified atom stereocenters. The van der Waals surface area contributed by atoms with E-state index in [2.05, 4.69) is 24.1 Å². The predicted molar refractivity (Wildman–Crippen MR) is 106 cm³/mol. The number of hydrogen-bond donors (Lipinski definition) is 2. The van der Waals surface area contributed by atoms with Crippen LogP contribution < -0.4 is 11.1 Å². The summed E-state index contributed by atoms with van der Waals surface area (Å²) in [6.45, 7) is 6.69. The van der Waals surface area contributed by atoms with Crippen molar-refractivity contribution in [2.45, 2.75) is 33.2 Å². The summed E-state index contributed by atoms with van der Waals surface area (Å²) in [4.78, 5) is 31.3. The third kappa shape index (κ3) is 4.10. The van der Waals surface area contributed by atoms with E-state index >= 15 is 0 Å². The molecule has 0 bridgehead atoms. The molecule has 1 saturated heterocycles. The van der Waals surface area contributed by atoms with Gasteiger partial charge < -0.3 is 16.0 Å². The molecule has 1 aromatic carbocycles. The molecule has 3 rings (SSSR count). The number of nitrogen functional groups attached to an aromatic ring is 1. The second kappa shape index (κ2) is 7.78. The van der Waals surface area contributed by atoms with Crippen molar-refractivity contribution in [2.75, 3.05) is 17.6 Å². The Morgan fingerprint density at radius 2 is 1.89 bits per heavy atom. The van der Waals surface area contributed by atoms with E-state index in [1.807, 2.05) is 30.3 Å². The molecule has 2 amide bonds. The van der Waals surface area contributed by atoms with Gasteiger partial charge in [-0.1, -0.05) is 44.2 Å². The maximum absolute atomic E-state index is 13.0. The average Bonchev–Trinajstić information content (AvgIpc) is 2.66. The molecule has 6 nitrogen and oxygen atoms in total. The van der Waals surface area contributed by atoms with Crippen molar-refractivity contribution in [3.63, 3.8) is 0 Å². The Kier molecular flexibility index (Phi) is 5.44. The van der Waals surface area contributed by atoms with Crippen molar-refractivity contribution >= 4 is 23.3 Å². The lowest BCUT2D eigenvalue weighted by atomic mass is 9.82. The summed E-state index contributed by atoms with van der Waals surface area (Å²) in [7, 11) is 0. The molecule has 142 valence electrons. The van der Waals surface area contributed by atoms with Gasteiger partial charge in [-0.25, -0.2) is 4.98 Å². The van der Waals surface area contributed by atoms with Gasteiger partial charge in [0.2, 0.25) is 0 Å². The standard InChI is InChI=1S/C21H26N4O2/c1-13-10-18(16-7-5-4-6-8-16)25(12-15(13)3)21(27)20(26)24-17-9-14(2)19(22)23-11-17/h4-9,11,13,15,18H,10,12H2,1-3H3,(H2,22,23)(H,24,26)/t13-,15+,18-/m1/s1. The second-order valence-electron chi connectivity index (χ2n) is 7.45. The second-order valence-corrected chi connectivity index (χ2v) is 7.45. The molecular formula is C21H26N4O2. The van der Waals surface area contributed by atoms with Crippen LogP contribution in [0.5, 0.6) is 0 Å². The number of carbonyl (C=O) groups excluding carboxylic acids is 2. The Balaban J connectivity index is 1.81. The van der Waals surface area contributed by atoms with E-state index in [-0.39, 0.29) is 6.04 Å². The van der Waals surface area contributed by atoms with Gasteiger partial charge in [0.15, 0.2) is 0 Å². The maximum atomic E-state index is 13.0. The van der Waals surface area contributed by atoms with Gasteiger partial charge in [-0.05, 0) is 42.4 Å². The largest absolute Gasteiger partial charge is 0.383 e. The third-order valence-corrected chi connectivity index (χ3v) is 5.44. The Morgan fingerprint density at radius 1 is 1.19 bits per heavy atom. The summed E-state index contributed by atoms with van der Waals surface area (Å²) in [6.07, 6.45) is 2.30. The fourth-order valence-corrected chi connectivity index (χ4v) is 3.51. The van der Waals surface area contributed by atoms with Crippen molar-refractivity contribution in [1.29, 1.82) is 0 Å². The normalized spacial score (nSPS) is 22.3. The zero-order chi connectivity index (χ0) is 19.6. The number of pyridine rings is 1. The van der Waals surface area contributed by atoms with Crippen molar-refractivity contribution in [3.05, 3.63) is 53.7 Å². The van der Waals surface area contributed by atoms with Gasteiger partial charge in [-0.3, -0.25) is 9.59 Å². The van der Waals surface area contributed by atoms with Gasteiger partial charge in [0.1, 0.15) is 5.82 Å². The summed E-state index contributed by atoms with van der Waals surface area (Å²) in [5, 5.41) is 2.66. The molecule has 1 fully saturated rings. The van der Waals surface area contributed by atoms with Crippen LogP contribution in [0.3, 0.4) is 0 Å². The molecule has 2 heterocycles. The number of hydrogen-bond acceptors (Lipinski definition) is 4. The molecule has 2 aromatic rings. The first-order valence-electron chi connectivity index (χ1n) is 9.25. The number of anilines is 2. The smallest absolute Gasteiger partial charge is 0.313 e. The number of nitrogens with zero attached hydrogens (tertiary/aromatic N) is 2. The zero-order valence-electron chi connectivity index (χ0n) is 16.0. The molecular weight excluding hydrogens is 340 g/mol. The number of likely N-dealkylation sites (tertiary alicyclic amines) is 1. The molecule has 3 atom stereocenters. The van der Waals surface area contributed by atoms with Gasteiger partial charge in [-0.15, -0.1) is 0 Å². The van der Waals surface area contributed by atoms with E-state index in [1.165, 1.54) is 6.20 Å². The zero-order valence-corrected chi connectivity index (χ0v) is 16.0. The van der Waals surface area contributed by atoms with Crippen molar-refractivity contribution in [2.24, 2.45) is 11.8 Å². The lowest BCUT2D eigenvalue weighted by Gasteiger charge is -2.42. The number of nitrogens with one attached hydrogen (secondary N) is 1. The number of rotatable bonds is 2. The van der Waals surface area contributed by atoms with Crippen molar-refractivity contribution < 1.29 is 9.59 Å². The Hall–Kier alpha value is -2.89. The number of amides is 2. The maximum Gasteiger partial charge on any atom is 0.313 e. The summed E-state index contributed by atoms with van der Waals surface area (Å²) in [5.74, 6) is 0.0523. The van der Waals surface area contributed by atoms with Crippen molar-refractivity contribution in [1.82, 2.24) is 9.88 Å². The molecule has 1 aromatic heterocycles. The molecule has 1 aliphatic heterocycles. The monoisotopic (exact) mass is 366 g/mol. The van der Waals surface area contributed by atoms with Crippen LogP contribution in [0.15, 0.2) is 42.6 Å². The molecule has 6 heteroatoms. The Bertz CT molecular complexity index is 837.